The zero-order chi connectivity index (χ0) is 11.4. The molecular formula is C8H8BClO5. The molecule has 0 aliphatic heterocycles. The van der Waals surface area contributed by atoms with Gasteiger partial charge in [0.25, 0.3) is 0 Å². The highest BCUT2D eigenvalue weighted by atomic mass is 35.5. The minimum atomic E-state index is -1.93. The molecule has 0 bridgehead atoms. The minimum Gasteiger partial charge on any atom is -0.512 e. The van der Waals surface area contributed by atoms with Gasteiger partial charge >= 0.3 is 13.3 Å². The standard InChI is InChI=1S/C8H8BClO5/c1-14-8(11)6-3-2-5(4-7(6)10)15-9(12)13/h2-4,12-13H,1H3. The first-order valence-corrected chi connectivity index (χ1v) is 4.33. The van der Waals surface area contributed by atoms with E-state index in [2.05, 4.69) is 9.39 Å². The summed E-state index contributed by atoms with van der Waals surface area (Å²) < 4.78 is 9.01. The van der Waals surface area contributed by atoms with E-state index in [0.717, 1.165) is 0 Å². The Morgan fingerprint density at radius 3 is 2.60 bits per heavy atom. The largest absolute Gasteiger partial charge is 0.707 e. The third-order valence-electron chi connectivity index (χ3n) is 1.59. The lowest BCUT2D eigenvalue weighted by Crippen LogP contribution is -2.20. The maximum atomic E-state index is 11.1. The summed E-state index contributed by atoms with van der Waals surface area (Å²) in [5, 5.41) is 17.2. The van der Waals surface area contributed by atoms with E-state index in [1.165, 1.54) is 25.3 Å². The van der Waals surface area contributed by atoms with E-state index in [-0.39, 0.29) is 16.3 Å². The SMILES string of the molecule is COC(=O)c1ccc(OB(O)O)cc1Cl. The van der Waals surface area contributed by atoms with Crippen molar-refractivity contribution in [2.24, 2.45) is 0 Å². The molecule has 15 heavy (non-hydrogen) atoms. The maximum absolute atomic E-state index is 11.1. The molecule has 0 unspecified atom stereocenters. The van der Waals surface area contributed by atoms with Gasteiger partial charge in [-0.3, -0.25) is 0 Å². The Kier molecular flexibility index (Phi) is 3.96. The second kappa shape index (κ2) is 5.02. The molecular weight excluding hydrogens is 222 g/mol. The summed E-state index contributed by atoms with van der Waals surface area (Å²) in [5.74, 6) is -0.432. The third-order valence-corrected chi connectivity index (χ3v) is 1.90. The molecule has 1 rings (SSSR count). The van der Waals surface area contributed by atoms with Gasteiger partial charge in [-0.2, -0.15) is 0 Å². The Bertz CT molecular complexity index is 368. The fourth-order valence-corrected chi connectivity index (χ4v) is 1.21. The van der Waals surface area contributed by atoms with Crippen molar-refractivity contribution in [3.05, 3.63) is 28.8 Å². The van der Waals surface area contributed by atoms with Crippen molar-refractivity contribution in [3.8, 4) is 5.75 Å². The summed E-state index contributed by atoms with van der Waals surface area (Å²) in [6, 6.07) is 4.02. The molecule has 80 valence electrons. The van der Waals surface area contributed by atoms with Crippen molar-refractivity contribution in [1.82, 2.24) is 0 Å². The Morgan fingerprint density at radius 2 is 2.13 bits per heavy atom. The highest BCUT2D eigenvalue weighted by Gasteiger charge is 2.15. The van der Waals surface area contributed by atoms with Crippen LogP contribution < -0.4 is 4.65 Å². The van der Waals surface area contributed by atoms with E-state index in [0.29, 0.717) is 0 Å². The number of ether oxygens (including phenoxy) is 1. The molecule has 0 saturated carbocycles. The summed E-state index contributed by atoms with van der Waals surface area (Å²) >= 11 is 5.74. The first kappa shape index (κ1) is 11.8. The molecule has 0 aromatic heterocycles. The highest BCUT2D eigenvalue weighted by molar-refractivity contribution is 6.35. The van der Waals surface area contributed by atoms with Gasteiger partial charge in [-0.15, -0.1) is 0 Å². The molecule has 0 atom stereocenters. The Labute approximate surface area is 91.4 Å². The number of methoxy groups -OCH3 is 1. The lowest BCUT2D eigenvalue weighted by molar-refractivity contribution is 0.0601. The number of esters is 1. The molecule has 7 heteroatoms. The normalized spacial score (nSPS) is 9.60. The second-order valence-electron chi connectivity index (χ2n) is 2.58. The lowest BCUT2D eigenvalue weighted by Gasteiger charge is -2.07. The first-order valence-electron chi connectivity index (χ1n) is 3.95. The Balaban J connectivity index is 2.93. The van der Waals surface area contributed by atoms with Gasteiger partial charge in [0.1, 0.15) is 5.75 Å². The predicted molar refractivity (Wildman–Crippen MR) is 53.6 cm³/mol. The average molecular weight is 230 g/mol. The van der Waals surface area contributed by atoms with Crippen LogP contribution >= 0.6 is 11.6 Å². The van der Waals surface area contributed by atoms with Crippen LogP contribution in [0.1, 0.15) is 10.4 Å². The quantitative estimate of drug-likeness (QED) is 0.583. The van der Waals surface area contributed by atoms with Crippen molar-refractivity contribution in [2.75, 3.05) is 7.11 Å². The first-order chi connectivity index (χ1) is 7.04. The summed E-state index contributed by atoms with van der Waals surface area (Å²) in [5.41, 5.74) is 0.180. The van der Waals surface area contributed by atoms with Gasteiger partial charge in [0.15, 0.2) is 0 Å². The minimum absolute atomic E-state index is 0.111. The van der Waals surface area contributed by atoms with Gasteiger partial charge in [-0.05, 0) is 18.2 Å². The van der Waals surface area contributed by atoms with Crippen LogP contribution in [0, 0.1) is 0 Å². The molecule has 2 N–H and O–H groups in total. The molecule has 1 aromatic carbocycles. The van der Waals surface area contributed by atoms with E-state index >= 15 is 0 Å². The maximum Gasteiger partial charge on any atom is 0.707 e. The molecule has 0 aliphatic carbocycles. The fraction of sp³-hybridized carbons (Fsp3) is 0.125. The van der Waals surface area contributed by atoms with Crippen molar-refractivity contribution >= 4 is 24.9 Å². The lowest BCUT2D eigenvalue weighted by atomic mass is 10.2. The summed E-state index contributed by atoms with van der Waals surface area (Å²) in [4.78, 5) is 11.1. The van der Waals surface area contributed by atoms with Gasteiger partial charge in [0.05, 0.1) is 17.7 Å². The van der Waals surface area contributed by atoms with E-state index < -0.39 is 13.3 Å². The van der Waals surface area contributed by atoms with Crippen molar-refractivity contribution < 1.29 is 24.2 Å². The molecule has 5 nitrogen and oxygen atoms in total. The number of hydrogen-bond acceptors (Lipinski definition) is 5. The number of carbonyl (C=O) groups excluding carboxylic acids is 1. The summed E-state index contributed by atoms with van der Waals surface area (Å²) in [6.45, 7) is 0. The van der Waals surface area contributed by atoms with E-state index in [1.54, 1.807) is 0 Å². The van der Waals surface area contributed by atoms with E-state index in [9.17, 15) is 4.79 Å². The van der Waals surface area contributed by atoms with Crippen LogP contribution in [0.5, 0.6) is 5.75 Å². The number of hydrogen-bond donors (Lipinski definition) is 2. The fourth-order valence-electron chi connectivity index (χ4n) is 0.966. The monoisotopic (exact) mass is 230 g/mol. The molecule has 0 heterocycles. The van der Waals surface area contributed by atoms with Crippen LogP contribution in [0.25, 0.3) is 0 Å². The Morgan fingerprint density at radius 1 is 1.47 bits per heavy atom. The van der Waals surface area contributed by atoms with Crippen LogP contribution in [-0.4, -0.2) is 30.4 Å². The van der Waals surface area contributed by atoms with Gasteiger partial charge in [0.2, 0.25) is 0 Å². The van der Waals surface area contributed by atoms with Crippen LogP contribution in [0.3, 0.4) is 0 Å². The average Bonchev–Trinajstić information content (AvgIpc) is 2.16. The van der Waals surface area contributed by atoms with Crippen LogP contribution in [0.2, 0.25) is 5.02 Å². The van der Waals surface area contributed by atoms with Crippen LogP contribution in [0.15, 0.2) is 18.2 Å². The molecule has 0 saturated heterocycles. The molecule has 1 aromatic rings. The number of halogens is 1. The van der Waals surface area contributed by atoms with Crippen molar-refractivity contribution in [2.45, 2.75) is 0 Å². The third kappa shape index (κ3) is 3.12. The highest BCUT2D eigenvalue weighted by Crippen LogP contribution is 2.23. The Hall–Kier alpha value is -1.24. The van der Waals surface area contributed by atoms with E-state index in [1.807, 2.05) is 0 Å². The van der Waals surface area contributed by atoms with Gasteiger partial charge in [0, 0.05) is 0 Å². The summed E-state index contributed by atoms with van der Waals surface area (Å²) in [7, 11) is -0.689. The van der Waals surface area contributed by atoms with E-state index in [4.69, 9.17) is 21.6 Å². The van der Waals surface area contributed by atoms with Crippen LogP contribution in [-0.2, 0) is 4.74 Å². The number of benzene rings is 1. The zero-order valence-electron chi connectivity index (χ0n) is 7.81. The number of rotatable bonds is 3. The molecule has 0 spiro atoms. The second-order valence-corrected chi connectivity index (χ2v) is 2.98. The molecule has 0 fully saturated rings. The molecule has 0 amide bonds. The molecule has 0 radical (unpaired) electrons. The van der Waals surface area contributed by atoms with Crippen molar-refractivity contribution in [3.63, 3.8) is 0 Å². The van der Waals surface area contributed by atoms with Crippen molar-refractivity contribution in [1.29, 1.82) is 0 Å². The van der Waals surface area contributed by atoms with Gasteiger partial charge in [-0.25, -0.2) is 4.79 Å². The zero-order valence-corrected chi connectivity index (χ0v) is 8.56. The van der Waals surface area contributed by atoms with Gasteiger partial charge in [-0.1, -0.05) is 11.6 Å². The summed E-state index contributed by atoms with van der Waals surface area (Å²) in [6.07, 6.45) is 0. The topological polar surface area (TPSA) is 76.0 Å². The smallest absolute Gasteiger partial charge is 0.512 e. The van der Waals surface area contributed by atoms with Gasteiger partial charge < -0.3 is 19.4 Å². The predicted octanol–water partition coefficient (Wildman–Crippen LogP) is 0.475. The molecule has 0 aliphatic rings. The number of carbonyl (C=O) groups is 1. The van der Waals surface area contributed by atoms with Crippen LogP contribution in [0.4, 0.5) is 0 Å².